The number of carbonyl (C=O) groups is 2. The fourth-order valence-corrected chi connectivity index (χ4v) is 4.17. The third-order valence-electron chi connectivity index (χ3n) is 5.78. The van der Waals surface area contributed by atoms with Gasteiger partial charge in [0.25, 0.3) is 0 Å². The smallest absolute Gasteiger partial charge is 0.303 e. The van der Waals surface area contributed by atoms with Gasteiger partial charge in [-0.05, 0) is 51.4 Å². The van der Waals surface area contributed by atoms with Gasteiger partial charge in [0.2, 0.25) is 5.91 Å². The first-order valence-electron chi connectivity index (χ1n) is 11.2. The first-order chi connectivity index (χ1) is 16.1. The quantitative estimate of drug-likeness (QED) is 0.367. The van der Waals surface area contributed by atoms with Gasteiger partial charge < -0.3 is 10.4 Å². The summed E-state index contributed by atoms with van der Waals surface area (Å²) < 4.78 is 0. The normalized spacial score (nSPS) is 10.8. The van der Waals surface area contributed by atoms with Gasteiger partial charge in [-0.3, -0.25) is 9.59 Å². The minimum absolute atomic E-state index is 0.0345. The molecule has 4 aromatic rings. The van der Waals surface area contributed by atoms with Crippen LogP contribution < -0.4 is 5.32 Å². The number of carbonyl (C=O) groups excluding carboxylic acids is 1. The Labute approximate surface area is 193 Å². The molecule has 4 aromatic carbocycles. The highest BCUT2D eigenvalue weighted by Crippen LogP contribution is 2.32. The minimum atomic E-state index is -0.827. The van der Waals surface area contributed by atoms with Gasteiger partial charge in [-0.1, -0.05) is 91.0 Å². The molecule has 1 amide bonds. The number of carboxylic acid groups (broad SMARTS) is 1. The molecule has 0 radical (unpaired) electrons. The van der Waals surface area contributed by atoms with Gasteiger partial charge in [-0.15, -0.1) is 0 Å². The molecule has 0 saturated carbocycles. The van der Waals surface area contributed by atoms with Crippen LogP contribution in [0.5, 0.6) is 0 Å². The molecule has 0 aliphatic rings. The number of rotatable bonds is 9. The van der Waals surface area contributed by atoms with E-state index in [2.05, 4.69) is 41.7 Å². The second kappa shape index (κ2) is 10.6. The van der Waals surface area contributed by atoms with E-state index >= 15 is 0 Å². The van der Waals surface area contributed by atoms with Crippen molar-refractivity contribution in [2.24, 2.45) is 0 Å². The Morgan fingerprint density at radius 2 is 1.45 bits per heavy atom. The molecule has 0 spiro atoms. The molecule has 0 unspecified atom stereocenters. The first-order valence-corrected chi connectivity index (χ1v) is 11.2. The number of amides is 1. The fraction of sp³-hybridized carbons (Fsp3) is 0.172. The summed E-state index contributed by atoms with van der Waals surface area (Å²) in [4.78, 5) is 23.9. The van der Waals surface area contributed by atoms with E-state index in [-0.39, 0.29) is 18.7 Å². The van der Waals surface area contributed by atoms with E-state index in [0.717, 1.165) is 39.4 Å². The van der Waals surface area contributed by atoms with Gasteiger partial charge in [0.1, 0.15) is 0 Å². The lowest BCUT2D eigenvalue weighted by molar-refractivity contribution is -0.137. The maximum Gasteiger partial charge on any atom is 0.303 e. The van der Waals surface area contributed by atoms with E-state index in [1.165, 1.54) is 5.56 Å². The van der Waals surface area contributed by atoms with E-state index in [4.69, 9.17) is 5.11 Å². The number of aliphatic carboxylic acids is 1. The third kappa shape index (κ3) is 5.86. The highest BCUT2D eigenvalue weighted by molar-refractivity contribution is 6.00. The van der Waals surface area contributed by atoms with Crippen molar-refractivity contribution in [1.29, 1.82) is 0 Å². The van der Waals surface area contributed by atoms with Crippen molar-refractivity contribution in [1.82, 2.24) is 5.32 Å². The third-order valence-corrected chi connectivity index (χ3v) is 5.78. The van der Waals surface area contributed by atoms with E-state index < -0.39 is 5.97 Å². The number of aryl methyl sites for hydroxylation is 1. The summed E-state index contributed by atoms with van der Waals surface area (Å²) in [5.74, 6) is -0.862. The van der Waals surface area contributed by atoms with Crippen LogP contribution in [0.3, 0.4) is 0 Å². The zero-order valence-corrected chi connectivity index (χ0v) is 18.5. The molecule has 0 saturated heterocycles. The minimum Gasteiger partial charge on any atom is -0.481 e. The summed E-state index contributed by atoms with van der Waals surface area (Å²) in [6.07, 6.45) is 1.52. The van der Waals surface area contributed by atoms with Crippen molar-refractivity contribution in [2.45, 2.75) is 25.7 Å². The Hall–Kier alpha value is -3.92. The van der Waals surface area contributed by atoms with Crippen LogP contribution >= 0.6 is 0 Å². The molecule has 33 heavy (non-hydrogen) atoms. The number of carboxylic acids is 1. The summed E-state index contributed by atoms with van der Waals surface area (Å²) in [5.41, 5.74) is 5.21. The Kier molecular flexibility index (Phi) is 7.16. The van der Waals surface area contributed by atoms with Crippen molar-refractivity contribution in [3.05, 3.63) is 108 Å². The highest BCUT2D eigenvalue weighted by atomic mass is 16.4. The Balaban J connectivity index is 1.61. The number of benzene rings is 4. The topological polar surface area (TPSA) is 66.4 Å². The molecule has 0 aliphatic heterocycles. The zero-order chi connectivity index (χ0) is 23.0. The Morgan fingerprint density at radius 3 is 2.18 bits per heavy atom. The molecule has 4 heteroatoms. The zero-order valence-electron chi connectivity index (χ0n) is 18.5. The predicted molar refractivity (Wildman–Crippen MR) is 132 cm³/mol. The monoisotopic (exact) mass is 437 g/mol. The van der Waals surface area contributed by atoms with Gasteiger partial charge >= 0.3 is 5.97 Å². The van der Waals surface area contributed by atoms with Crippen LogP contribution in [0.4, 0.5) is 0 Å². The number of hydrogen-bond donors (Lipinski definition) is 2. The molecular formula is C29H27NO3. The summed E-state index contributed by atoms with van der Waals surface area (Å²) in [5, 5.41) is 14.3. The van der Waals surface area contributed by atoms with E-state index in [9.17, 15) is 9.59 Å². The van der Waals surface area contributed by atoms with Crippen molar-refractivity contribution < 1.29 is 14.7 Å². The van der Waals surface area contributed by atoms with Crippen LogP contribution in [-0.2, 0) is 28.9 Å². The molecule has 4 nitrogen and oxygen atoms in total. The van der Waals surface area contributed by atoms with Crippen molar-refractivity contribution >= 4 is 22.6 Å². The molecule has 166 valence electrons. The lowest BCUT2D eigenvalue weighted by Crippen LogP contribution is -2.27. The SMILES string of the molecule is O=C(O)CCc1cc(CC(=O)NCCc2ccccc2)c2cccc(-c3ccccc3)c2c1. The number of fused-ring (bicyclic) bond motifs is 1. The molecule has 0 heterocycles. The summed E-state index contributed by atoms with van der Waals surface area (Å²) in [6.45, 7) is 0.578. The van der Waals surface area contributed by atoms with Crippen LogP contribution in [0.25, 0.3) is 21.9 Å². The van der Waals surface area contributed by atoms with Crippen molar-refractivity contribution in [2.75, 3.05) is 6.54 Å². The van der Waals surface area contributed by atoms with Crippen LogP contribution in [-0.4, -0.2) is 23.5 Å². The Morgan fingerprint density at radius 1 is 0.727 bits per heavy atom. The molecule has 0 aromatic heterocycles. The summed E-state index contributed by atoms with van der Waals surface area (Å²) in [6, 6.07) is 30.4. The van der Waals surface area contributed by atoms with E-state index in [1.54, 1.807) is 0 Å². The average molecular weight is 438 g/mol. The second-order valence-electron chi connectivity index (χ2n) is 8.18. The Bertz CT molecular complexity index is 1250. The standard InChI is InChI=1S/C29H27NO3/c31-28(30-17-16-21-8-3-1-4-9-21)20-24-18-22(14-15-29(32)33)19-27-25(12-7-13-26(24)27)23-10-5-2-6-11-23/h1-13,18-19H,14-17,20H2,(H,30,31)(H,32,33). The summed E-state index contributed by atoms with van der Waals surface area (Å²) in [7, 11) is 0. The number of nitrogens with one attached hydrogen (secondary N) is 1. The van der Waals surface area contributed by atoms with Crippen molar-refractivity contribution in [3.8, 4) is 11.1 Å². The maximum absolute atomic E-state index is 12.8. The van der Waals surface area contributed by atoms with E-state index in [1.807, 2.05) is 54.6 Å². The van der Waals surface area contributed by atoms with Gasteiger partial charge in [0.15, 0.2) is 0 Å². The highest BCUT2D eigenvalue weighted by Gasteiger charge is 2.13. The molecular weight excluding hydrogens is 410 g/mol. The molecule has 0 atom stereocenters. The van der Waals surface area contributed by atoms with Gasteiger partial charge in [-0.25, -0.2) is 0 Å². The average Bonchev–Trinajstić information content (AvgIpc) is 2.83. The first kappa shape index (κ1) is 22.3. The lowest BCUT2D eigenvalue weighted by atomic mass is 9.91. The molecule has 0 fully saturated rings. The summed E-state index contributed by atoms with van der Waals surface area (Å²) >= 11 is 0. The van der Waals surface area contributed by atoms with Gasteiger partial charge in [0, 0.05) is 13.0 Å². The van der Waals surface area contributed by atoms with Crippen molar-refractivity contribution in [3.63, 3.8) is 0 Å². The van der Waals surface area contributed by atoms with E-state index in [0.29, 0.717) is 13.0 Å². The molecule has 2 N–H and O–H groups in total. The fourth-order valence-electron chi connectivity index (χ4n) is 4.17. The molecule has 0 aliphatic carbocycles. The van der Waals surface area contributed by atoms with Crippen LogP contribution in [0, 0.1) is 0 Å². The second-order valence-corrected chi connectivity index (χ2v) is 8.18. The lowest BCUT2D eigenvalue weighted by Gasteiger charge is -2.14. The molecule has 0 bridgehead atoms. The molecule has 4 rings (SSSR count). The van der Waals surface area contributed by atoms with Crippen LogP contribution in [0.1, 0.15) is 23.1 Å². The largest absolute Gasteiger partial charge is 0.481 e. The van der Waals surface area contributed by atoms with Gasteiger partial charge in [-0.2, -0.15) is 0 Å². The van der Waals surface area contributed by atoms with Crippen LogP contribution in [0.2, 0.25) is 0 Å². The number of hydrogen-bond acceptors (Lipinski definition) is 2. The van der Waals surface area contributed by atoms with Crippen LogP contribution in [0.15, 0.2) is 91.0 Å². The predicted octanol–water partition coefficient (Wildman–Crippen LogP) is 5.43. The maximum atomic E-state index is 12.8. The van der Waals surface area contributed by atoms with Gasteiger partial charge in [0.05, 0.1) is 6.42 Å².